The lowest BCUT2D eigenvalue weighted by Crippen LogP contribution is -2.22. The zero-order chi connectivity index (χ0) is 10.6. The average molecular weight is 196 g/mol. The van der Waals surface area contributed by atoms with Gasteiger partial charge >= 0.3 is 0 Å². The number of carbonyl (C=O) groups is 1. The van der Waals surface area contributed by atoms with E-state index in [1.165, 1.54) is 12.1 Å². The predicted molar refractivity (Wildman–Crippen MR) is 49.9 cm³/mol. The first-order valence-corrected chi connectivity index (χ1v) is 4.21. The van der Waals surface area contributed by atoms with Crippen LogP contribution in [0, 0.1) is 0 Å². The van der Waals surface area contributed by atoms with Gasteiger partial charge < -0.3 is 15.3 Å². The Kier molecular flexibility index (Phi) is 3.76. The van der Waals surface area contributed by atoms with Gasteiger partial charge in [0, 0.05) is 5.56 Å². The summed E-state index contributed by atoms with van der Waals surface area (Å²) in [6.07, 6.45) is -1.90. The van der Waals surface area contributed by atoms with Crippen molar-refractivity contribution in [3.8, 4) is 0 Å². The second-order valence-corrected chi connectivity index (χ2v) is 2.94. The molecule has 2 atom stereocenters. The average Bonchev–Trinajstić information content (AvgIpc) is 2.26. The lowest BCUT2D eigenvalue weighted by molar-refractivity contribution is -0.0154. The van der Waals surface area contributed by atoms with Crippen LogP contribution in [0.2, 0.25) is 0 Å². The summed E-state index contributed by atoms with van der Waals surface area (Å²) in [7, 11) is 0. The molecule has 0 fully saturated rings. The van der Waals surface area contributed by atoms with Crippen LogP contribution in [0.4, 0.5) is 0 Å². The van der Waals surface area contributed by atoms with Gasteiger partial charge in [0.15, 0.2) is 0 Å². The summed E-state index contributed by atoms with van der Waals surface area (Å²) in [4.78, 5) is 10.6. The summed E-state index contributed by atoms with van der Waals surface area (Å²) in [5.41, 5.74) is 0.636. The number of hydrogen-bond acceptors (Lipinski definition) is 4. The molecule has 14 heavy (non-hydrogen) atoms. The van der Waals surface area contributed by atoms with E-state index in [4.69, 9.17) is 5.11 Å². The smallest absolute Gasteiger partial charge is 0.150 e. The molecule has 0 heterocycles. The standard InChI is InChI=1S/C10H12O4/c11-5-7-3-1-2-4-8(7)10(14)9(13)6-12/h1-5,9-10,12-14H,6H2. The number of carbonyl (C=O) groups excluding carboxylic acids is 1. The SMILES string of the molecule is O=Cc1ccccc1C(O)C(O)CO. The predicted octanol–water partition coefficient (Wildman–Crippen LogP) is -0.114. The molecule has 1 aromatic carbocycles. The van der Waals surface area contributed by atoms with Crippen molar-refractivity contribution in [3.63, 3.8) is 0 Å². The molecule has 4 nitrogen and oxygen atoms in total. The quantitative estimate of drug-likeness (QED) is 0.587. The van der Waals surface area contributed by atoms with Gasteiger partial charge in [0.25, 0.3) is 0 Å². The Balaban J connectivity index is 2.99. The third-order valence-electron chi connectivity index (χ3n) is 1.99. The summed E-state index contributed by atoms with van der Waals surface area (Å²) in [5, 5.41) is 27.3. The maximum absolute atomic E-state index is 10.6. The number of aldehydes is 1. The van der Waals surface area contributed by atoms with E-state index < -0.39 is 18.8 Å². The Morgan fingerprint density at radius 3 is 2.50 bits per heavy atom. The molecular formula is C10H12O4. The number of benzene rings is 1. The molecule has 1 aromatic rings. The van der Waals surface area contributed by atoms with Crippen molar-refractivity contribution < 1.29 is 20.1 Å². The third kappa shape index (κ3) is 2.17. The Bertz CT molecular complexity index is 311. The van der Waals surface area contributed by atoms with Gasteiger partial charge in [0.1, 0.15) is 18.5 Å². The highest BCUT2D eigenvalue weighted by molar-refractivity contribution is 5.77. The third-order valence-corrected chi connectivity index (χ3v) is 1.99. The number of aliphatic hydroxyl groups excluding tert-OH is 3. The van der Waals surface area contributed by atoms with Gasteiger partial charge in [-0.25, -0.2) is 0 Å². The van der Waals surface area contributed by atoms with Crippen molar-refractivity contribution in [3.05, 3.63) is 35.4 Å². The van der Waals surface area contributed by atoms with Gasteiger partial charge in [-0.15, -0.1) is 0 Å². The van der Waals surface area contributed by atoms with Crippen LogP contribution in [-0.2, 0) is 0 Å². The van der Waals surface area contributed by atoms with Crippen LogP contribution in [-0.4, -0.2) is 34.3 Å². The van der Waals surface area contributed by atoms with E-state index in [-0.39, 0.29) is 0 Å². The fourth-order valence-corrected chi connectivity index (χ4v) is 1.19. The maximum Gasteiger partial charge on any atom is 0.150 e. The highest BCUT2D eigenvalue weighted by Crippen LogP contribution is 2.19. The molecule has 0 radical (unpaired) electrons. The summed E-state index contributed by atoms with van der Waals surface area (Å²) >= 11 is 0. The van der Waals surface area contributed by atoms with Crippen molar-refractivity contribution in [1.29, 1.82) is 0 Å². The van der Waals surface area contributed by atoms with Gasteiger partial charge in [-0.1, -0.05) is 24.3 Å². The minimum Gasteiger partial charge on any atom is -0.394 e. The first-order valence-electron chi connectivity index (χ1n) is 4.21. The molecule has 0 aliphatic carbocycles. The van der Waals surface area contributed by atoms with E-state index in [2.05, 4.69) is 0 Å². The van der Waals surface area contributed by atoms with E-state index in [1.54, 1.807) is 12.1 Å². The maximum atomic E-state index is 10.6. The van der Waals surface area contributed by atoms with E-state index >= 15 is 0 Å². The van der Waals surface area contributed by atoms with Crippen LogP contribution in [0.3, 0.4) is 0 Å². The Morgan fingerprint density at radius 2 is 1.93 bits per heavy atom. The Labute approximate surface area is 81.4 Å². The Morgan fingerprint density at radius 1 is 1.29 bits per heavy atom. The fourth-order valence-electron chi connectivity index (χ4n) is 1.19. The largest absolute Gasteiger partial charge is 0.394 e. The van der Waals surface area contributed by atoms with Crippen molar-refractivity contribution >= 4 is 6.29 Å². The van der Waals surface area contributed by atoms with Crippen molar-refractivity contribution in [2.75, 3.05) is 6.61 Å². The molecule has 4 heteroatoms. The first kappa shape index (κ1) is 10.8. The molecule has 0 saturated carbocycles. The number of hydrogen-bond donors (Lipinski definition) is 3. The molecule has 0 amide bonds. The van der Waals surface area contributed by atoms with E-state index in [0.29, 0.717) is 17.4 Å². The second-order valence-electron chi connectivity index (χ2n) is 2.94. The molecule has 2 unspecified atom stereocenters. The minimum atomic E-state index is -1.27. The first-order chi connectivity index (χ1) is 6.70. The van der Waals surface area contributed by atoms with Gasteiger partial charge in [0.2, 0.25) is 0 Å². The van der Waals surface area contributed by atoms with Crippen LogP contribution in [0.1, 0.15) is 22.0 Å². The molecule has 1 rings (SSSR count). The lowest BCUT2D eigenvalue weighted by Gasteiger charge is -2.17. The molecule has 0 bridgehead atoms. The highest BCUT2D eigenvalue weighted by Gasteiger charge is 2.19. The van der Waals surface area contributed by atoms with Crippen molar-refractivity contribution in [2.45, 2.75) is 12.2 Å². The second kappa shape index (κ2) is 4.85. The number of rotatable bonds is 4. The summed E-state index contributed by atoms with van der Waals surface area (Å²) in [5.74, 6) is 0. The van der Waals surface area contributed by atoms with E-state index in [9.17, 15) is 15.0 Å². The molecule has 0 spiro atoms. The van der Waals surface area contributed by atoms with Crippen molar-refractivity contribution in [1.82, 2.24) is 0 Å². The van der Waals surface area contributed by atoms with Crippen LogP contribution in [0.25, 0.3) is 0 Å². The minimum absolute atomic E-state index is 0.313. The molecule has 3 N–H and O–H groups in total. The van der Waals surface area contributed by atoms with Crippen LogP contribution < -0.4 is 0 Å². The lowest BCUT2D eigenvalue weighted by atomic mass is 10.00. The van der Waals surface area contributed by atoms with Gasteiger partial charge in [-0.3, -0.25) is 4.79 Å². The van der Waals surface area contributed by atoms with Gasteiger partial charge in [-0.05, 0) is 5.56 Å². The zero-order valence-electron chi connectivity index (χ0n) is 7.50. The fraction of sp³-hybridized carbons (Fsp3) is 0.300. The Hall–Kier alpha value is -1.23. The molecule has 0 saturated heterocycles. The van der Waals surface area contributed by atoms with Crippen LogP contribution >= 0.6 is 0 Å². The molecule has 0 aliphatic rings. The molecule has 0 aliphatic heterocycles. The van der Waals surface area contributed by atoms with Crippen LogP contribution in [0.5, 0.6) is 0 Å². The summed E-state index contributed by atoms with van der Waals surface area (Å²) < 4.78 is 0. The molecule has 0 aromatic heterocycles. The molecular weight excluding hydrogens is 184 g/mol. The monoisotopic (exact) mass is 196 g/mol. The topological polar surface area (TPSA) is 77.8 Å². The zero-order valence-corrected chi connectivity index (χ0v) is 7.50. The van der Waals surface area contributed by atoms with E-state index in [0.717, 1.165) is 0 Å². The normalized spacial score (nSPS) is 14.8. The number of aliphatic hydroxyl groups is 3. The van der Waals surface area contributed by atoms with Gasteiger partial charge in [-0.2, -0.15) is 0 Å². The van der Waals surface area contributed by atoms with Crippen molar-refractivity contribution in [2.24, 2.45) is 0 Å². The summed E-state index contributed by atoms with van der Waals surface area (Å²) in [6.45, 7) is -0.547. The van der Waals surface area contributed by atoms with Gasteiger partial charge in [0.05, 0.1) is 6.61 Å². The van der Waals surface area contributed by atoms with E-state index in [1.807, 2.05) is 0 Å². The highest BCUT2D eigenvalue weighted by atomic mass is 16.4. The summed E-state index contributed by atoms with van der Waals surface area (Å²) in [6, 6.07) is 6.38. The molecule has 76 valence electrons. The van der Waals surface area contributed by atoms with Crippen LogP contribution in [0.15, 0.2) is 24.3 Å².